The van der Waals surface area contributed by atoms with Crippen LogP contribution in [-0.4, -0.2) is 26.1 Å². The molecule has 2 rings (SSSR count). The van der Waals surface area contributed by atoms with E-state index in [-0.39, 0.29) is 24.0 Å². The molecular formula is C15H22IN3. The first-order valence-corrected chi connectivity index (χ1v) is 6.42. The van der Waals surface area contributed by atoms with Crippen molar-refractivity contribution in [2.24, 2.45) is 4.99 Å². The van der Waals surface area contributed by atoms with Gasteiger partial charge in [-0.2, -0.15) is 0 Å². The fourth-order valence-electron chi connectivity index (χ4n) is 2.15. The zero-order chi connectivity index (χ0) is 12.8. The van der Waals surface area contributed by atoms with Crippen molar-refractivity contribution in [2.75, 3.05) is 20.1 Å². The Kier molecular flexibility index (Phi) is 6.34. The fourth-order valence-corrected chi connectivity index (χ4v) is 2.15. The number of hydrogen-bond donors (Lipinski definition) is 2. The van der Waals surface area contributed by atoms with Gasteiger partial charge in [-0.3, -0.25) is 4.99 Å². The summed E-state index contributed by atoms with van der Waals surface area (Å²) >= 11 is 0. The first-order chi connectivity index (χ1) is 8.80. The Morgan fingerprint density at radius 1 is 1.32 bits per heavy atom. The third-order valence-corrected chi connectivity index (χ3v) is 3.47. The second-order valence-corrected chi connectivity index (χ2v) is 4.74. The highest BCUT2D eigenvalue weighted by molar-refractivity contribution is 14.0. The van der Waals surface area contributed by atoms with Crippen LogP contribution in [0.1, 0.15) is 18.4 Å². The van der Waals surface area contributed by atoms with Gasteiger partial charge < -0.3 is 10.6 Å². The van der Waals surface area contributed by atoms with Gasteiger partial charge in [0.25, 0.3) is 0 Å². The molecule has 1 aliphatic carbocycles. The molecule has 104 valence electrons. The minimum atomic E-state index is 0. The molecule has 0 unspecified atom stereocenters. The van der Waals surface area contributed by atoms with Crippen LogP contribution < -0.4 is 10.6 Å². The zero-order valence-corrected chi connectivity index (χ0v) is 13.7. The lowest BCUT2D eigenvalue weighted by Crippen LogP contribution is -2.41. The Balaban J connectivity index is 0.00000180. The van der Waals surface area contributed by atoms with E-state index in [4.69, 9.17) is 0 Å². The van der Waals surface area contributed by atoms with Crippen molar-refractivity contribution in [1.29, 1.82) is 0 Å². The summed E-state index contributed by atoms with van der Waals surface area (Å²) in [7, 11) is 1.79. The van der Waals surface area contributed by atoms with Crippen LogP contribution in [0.25, 0.3) is 0 Å². The molecule has 0 radical (unpaired) electrons. The SMILES string of the molecule is C=CCNC(=NC)NCC1(c2ccccc2)CC1.I. The molecule has 0 saturated heterocycles. The Morgan fingerprint density at radius 2 is 2.00 bits per heavy atom. The average molecular weight is 371 g/mol. The summed E-state index contributed by atoms with van der Waals surface area (Å²) in [5.41, 5.74) is 1.74. The molecule has 0 bridgehead atoms. The Morgan fingerprint density at radius 3 is 2.53 bits per heavy atom. The summed E-state index contributed by atoms with van der Waals surface area (Å²) in [5.74, 6) is 0.845. The smallest absolute Gasteiger partial charge is 0.191 e. The van der Waals surface area contributed by atoms with Crippen LogP contribution in [0.4, 0.5) is 0 Å². The first kappa shape index (κ1) is 16.0. The maximum absolute atomic E-state index is 4.20. The molecule has 0 aromatic heterocycles. The van der Waals surface area contributed by atoms with Gasteiger partial charge in [0, 0.05) is 25.6 Å². The van der Waals surface area contributed by atoms with Crippen LogP contribution in [0.3, 0.4) is 0 Å². The summed E-state index contributed by atoms with van der Waals surface area (Å²) in [5, 5.41) is 6.59. The summed E-state index contributed by atoms with van der Waals surface area (Å²) in [4.78, 5) is 4.20. The summed E-state index contributed by atoms with van der Waals surface area (Å²) in [6, 6.07) is 10.7. The number of nitrogens with one attached hydrogen (secondary N) is 2. The molecule has 0 spiro atoms. The van der Waals surface area contributed by atoms with Gasteiger partial charge in [-0.15, -0.1) is 30.6 Å². The topological polar surface area (TPSA) is 36.4 Å². The molecule has 1 aromatic rings. The number of halogens is 1. The van der Waals surface area contributed by atoms with Crippen LogP contribution in [-0.2, 0) is 5.41 Å². The second-order valence-electron chi connectivity index (χ2n) is 4.74. The standard InChI is InChI=1S/C15H21N3.HI/c1-3-11-17-14(16-2)18-12-15(9-10-15)13-7-5-4-6-8-13;/h3-8H,1,9-12H2,2H3,(H2,16,17,18);1H. The molecule has 0 heterocycles. The lowest BCUT2D eigenvalue weighted by atomic mass is 9.96. The quantitative estimate of drug-likeness (QED) is 0.361. The average Bonchev–Trinajstić information content (AvgIpc) is 3.21. The normalized spacial score (nSPS) is 16.2. The largest absolute Gasteiger partial charge is 0.356 e. The molecule has 1 aliphatic rings. The molecule has 0 atom stereocenters. The van der Waals surface area contributed by atoms with E-state index in [0.29, 0.717) is 5.41 Å². The zero-order valence-electron chi connectivity index (χ0n) is 11.4. The molecule has 0 amide bonds. The maximum Gasteiger partial charge on any atom is 0.191 e. The number of guanidine groups is 1. The van der Waals surface area contributed by atoms with Crippen molar-refractivity contribution in [2.45, 2.75) is 18.3 Å². The maximum atomic E-state index is 4.20. The van der Waals surface area contributed by atoms with Gasteiger partial charge in [0.1, 0.15) is 0 Å². The van der Waals surface area contributed by atoms with Gasteiger partial charge in [-0.25, -0.2) is 0 Å². The van der Waals surface area contributed by atoms with Crippen molar-refractivity contribution >= 4 is 29.9 Å². The monoisotopic (exact) mass is 371 g/mol. The highest BCUT2D eigenvalue weighted by atomic mass is 127. The van der Waals surface area contributed by atoms with Crippen LogP contribution in [0.2, 0.25) is 0 Å². The Labute approximate surface area is 132 Å². The van der Waals surface area contributed by atoms with Crippen LogP contribution >= 0.6 is 24.0 Å². The van der Waals surface area contributed by atoms with Gasteiger partial charge in [-0.05, 0) is 18.4 Å². The minimum absolute atomic E-state index is 0. The highest BCUT2D eigenvalue weighted by Gasteiger charge is 2.43. The van der Waals surface area contributed by atoms with E-state index in [9.17, 15) is 0 Å². The number of benzene rings is 1. The van der Waals surface area contributed by atoms with Crippen molar-refractivity contribution < 1.29 is 0 Å². The van der Waals surface area contributed by atoms with Crippen LogP contribution in [0.15, 0.2) is 48.0 Å². The van der Waals surface area contributed by atoms with Crippen LogP contribution in [0.5, 0.6) is 0 Å². The van der Waals surface area contributed by atoms with E-state index in [1.165, 1.54) is 18.4 Å². The van der Waals surface area contributed by atoms with Crippen LogP contribution in [0, 0.1) is 0 Å². The summed E-state index contributed by atoms with van der Waals surface area (Å²) in [6.45, 7) is 5.36. The molecular weight excluding hydrogens is 349 g/mol. The van der Waals surface area contributed by atoms with Gasteiger partial charge in [-0.1, -0.05) is 36.4 Å². The van der Waals surface area contributed by atoms with Crippen molar-refractivity contribution in [1.82, 2.24) is 10.6 Å². The number of hydrogen-bond acceptors (Lipinski definition) is 1. The van der Waals surface area contributed by atoms with E-state index in [1.807, 2.05) is 6.08 Å². The molecule has 1 fully saturated rings. The van der Waals surface area contributed by atoms with E-state index in [1.54, 1.807) is 7.05 Å². The van der Waals surface area contributed by atoms with Gasteiger partial charge in [0.2, 0.25) is 0 Å². The molecule has 19 heavy (non-hydrogen) atoms. The Bertz CT molecular complexity index is 424. The van der Waals surface area contributed by atoms with E-state index < -0.39 is 0 Å². The van der Waals surface area contributed by atoms with Crippen molar-refractivity contribution in [3.8, 4) is 0 Å². The molecule has 1 saturated carbocycles. The minimum Gasteiger partial charge on any atom is -0.356 e. The van der Waals surface area contributed by atoms with E-state index in [0.717, 1.165) is 19.0 Å². The molecule has 3 nitrogen and oxygen atoms in total. The summed E-state index contributed by atoms with van der Waals surface area (Å²) in [6.07, 6.45) is 4.34. The summed E-state index contributed by atoms with van der Waals surface area (Å²) < 4.78 is 0. The number of aliphatic imine (C=N–C) groups is 1. The molecule has 1 aromatic carbocycles. The van der Waals surface area contributed by atoms with E-state index >= 15 is 0 Å². The van der Waals surface area contributed by atoms with Crippen molar-refractivity contribution in [3.63, 3.8) is 0 Å². The van der Waals surface area contributed by atoms with E-state index in [2.05, 4.69) is 52.5 Å². The predicted octanol–water partition coefficient (Wildman–Crippen LogP) is 2.69. The third kappa shape index (κ3) is 4.23. The molecule has 0 aliphatic heterocycles. The Hall–Kier alpha value is -1.04. The first-order valence-electron chi connectivity index (χ1n) is 6.42. The highest BCUT2D eigenvalue weighted by Crippen LogP contribution is 2.47. The number of nitrogens with zero attached hydrogens (tertiary/aromatic N) is 1. The predicted molar refractivity (Wildman–Crippen MR) is 92.3 cm³/mol. The molecule has 4 heteroatoms. The number of rotatable bonds is 5. The van der Waals surface area contributed by atoms with Gasteiger partial charge in [0.05, 0.1) is 0 Å². The third-order valence-electron chi connectivity index (χ3n) is 3.47. The fraction of sp³-hybridized carbons (Fsp3) is 0.400. The lowest BCUT2D eigenvalue weighted by molar-refractivity contribution is 0.649. The lowest BCUT2D eigenvalue weighted by Gasteiger charge is -2.18. The van der Waals surface area contributed by atoms with Crippen molar-refractivity contribution in [3.05, 3.63) is 48.6 Å². The molecule has 2 N–H and O–H groups in total. The second kappa shape index (κ2) is 7.53. The van der Waals surface area contributed by atoms with Gasteiger partial charge >= 0.3 is 0 Å². The van der Waals surface area contributed by atoms with Gasteiger partial charge in [0.15, 0.2) is 5.96 Å².